The van der Waals surface area contributed by atoms with Crippen LogP contribution >= 0.6 is 27.7 Å². The molecule has 0 fully saturated rings. The summed E-state index contributed by atoms with van der Waals surface area (Å²) in [5.74, 6) is 1.82. The Morgan fingerprint density at radius 3 is 3.00 bits per heavy atom. The van der Waals surface area contributed by atoms with Crippen LogP contribution in [0.1, 0.15) is 0 Å². The summed E-state index contributed by atoms with van der Waals surface area (Å²) in [4.78, 5) is 10.8. The molecule has 1 aliphatic rings. The lowest BCUT2D eigenvalue weighted by atomic mass is 10.3. The molecule has 4 heteroatoms. The molecule has 0 aromatic heterocycles. The lowest BCUT2D eigenvalue weighted by Crippen LogP contribution is -2.07. The second-order valence-electron chi connectivity index (χ2n) is 1.70. The summed E-state index contributed by atoms with van der Waals surface area (Å²) in [6.45, 7) is 0. The highest BCUT2D eigenvalue weighted by atomic mass is 79.9. The van der Waals surface area contributed by atoms with E-state index in [9.17, 15) is 4.79 Å². The molecular formula is C6H5BrO2S. The van der Waals surface area contributed by atoms with Crippen molar-refractivity contribution in [2.45, 2.75) is 6.10 Å². The zero-order chi connectivity index (χ0) is 7.56. The summed E-state index contributed by atoms with van der Waals surface area (Å²) in [6, 6.07) is 0. The highest BCUT2D eigenvalue weighted by molar-refractivity contribution is 9.11. The summed E-state index contributed by atoms with van der Waals surface area (Å²) < 4.78 is 5.88. The van der Waals surface area contributed by atoms with Crippen molar-refractivity contribution < 1.29 is 9.53 Å². The standard InChI is InChI=1S/C6H5BrO2S/c1-9-6-4(7)3-10-5(6)2-8/h3,6H,1H3. The second-order valence-corrected chi connectivity index (χ2v) is 3.53. The highest BCUT2D eigenvalue weighted by Gasteiger charge is 2.23. The minimum absolute atomic E-state index is 0.220. The average Bonchev–Trinajstić information content (AvgIpc) is 2.30. The number of ether oxygens (including phenoxy) is 1. The molecular weight excluding hydrogens is 216 g/mol. The molecule has 0 radical (unpaired) electrons. The van der Waals surface area contributed by atoms with Crippen LogP contribution in [0, 0.1) is 0 Å². The van der Waals surface area contributed by atoms with Crippen molar-refractivity contribution in [1.29, 1.82) is 0 Å². The molecule has 0 spiro atoms. The van der Waals surface area contributed by atoms with E-state index in [0.29, 0.717) is 4.91 Å². The van der Waals surface area contributed by atoms with E-state index >= 15 is 0 Å². The summed E-state index contributed by atoms with van der Waals surface area (Å²) in [5.41, 5.74) is 0. The molecule has 10 heavy (non-hydrogen) atoms. The van der Waals surface area contributed by atoms with Crippen LogP contribution in [0.15, 0.2) is 14.8 Å². The van der Waals surface area contributed by atoms with Crippen molar-refractivity contribution in [3.05, 3.63) is 14.8 Å². The van der Waals surface area contributed by atoms with Crippen molar-refractivity contribution in [2.75, 3.05) is 7.11 Å². The van der Waals surface area contributed by atoms with E-state index in [2.05, 4.69) is 15.9 Å². The Morgan fingerprint density at radius 2 is 2.60 bits per heavy atom. The minimum atomic E-state index is -0.220. The highest BCUT2D eigenvalue weighted by Crippen LogP contribution is 2.36. The maximum Gasteiger partial charge on any atom is 0.138 e. The van der Waals surface area contributed by atoms with Gasteiger partial charge in [-0.2, -0.15) is 0 Å². The predicted molar refractivity (Wildman–Crippen MR) is 44.6 cm³/mol. The first kappa shape index (κ1) is 8.08. The molecule has 1 aliphatic heterocycles. The average molecular weight is 221 g/mol. The number of carbonyl (C=O) groups excluding carboxylic acids is 1. The third-order valence-corrected chi connectivity index (χ3v) is 2.99. The maximum atomic E-state index is 10.2. The van der Waals surface area contributed by atoms with Crippen molar-refractivity contribution in [3.8, 4) is 0 Å². The number of thioether (sulfide) groups is 1. The Bertz CT molecular complexity index is 218. The van der Waals surface area contributed by atoms with Gasteiger partial charge in [-0.3, -0.25) is 0 Å². The van der Waals surface area contributed by atoms with Crippen molar-refractivity contribution in [2.24, 2.45) is 0 Å². The van der Waals surface area contributed by atoms with Gasteiger partial charge in [0.1, 0.15) is 17.0 Å². The molecule has 0 amide bonds. The van der Waals surface area contributed by atoms with Crippen LogP contribution < -0.4 is 0 Å². The molecule has 0 saturated carbocycles. The SMILES string of the molecule is COC1C(=C=O)SC=C1Br. The van der Waals surface area contributed by atoms with Crippen LogP contribution in [-0.2, 0) is 9.53 Å². The van der Waals surface area contributed by atoms with Crippen LogP contribution in [0.25, 0.3) is 0 Å². The Kier molecular flexibility index (Phi) is 2.74. The zero-order valence-electron chi connectivity index (χ0n) is 5.26. The van der Waals surface area contributed by atoms with Gasteiger partial charge in [-0.1, -0.05) is 27.7 Å². The smallest absolute Gasteiger partial charge is 0.138 e. The first-order valence-corrected chi connectivity index (χ1v) is 4.27. The Balaban J connectivity index is 2.83. The van der Waals surface area contributed by atoms with Gasteiger partial charge < -0.3 is 4.74 Å². The summed E-state index contributed by atoms with van der Waals surface area (Å²) in [5, 5.41) is 1.83. The third kappa shape index (κ3) is 1.35. The third-order valence-electron chi connectivity index (χ3n) is 1.12. The first-order valence-electron chi connectivity index (χ1n) is 2.59. The minimum Gasteiger partial charge on any atom is -0.370 e. The fraction of sp³-hybridized carbons (Fsp3) is 0.333. The van der Waals surface area contributed by atoms with Gasteiger partial charge in [0.05, 0.1) is 0 Å². The molecule has 1 atom stereocenters. The zero-order valence-corrected chi connectivity index (χ0v) is 7.66. The molecule has 0 aliphatic carbocycles. The molecule has 2 nitrogen and oxygen atoms in total. The van der Waals surface area contributed by atoms with E-state index in [1.807, 2.05) is 11.3 Å². The predicted octanol–water partition coefficient (Wildman–Crippen LogP) is 1.70. The molecule has 1 rings (SSSR count). The molecule has 0 saturated heterocycles. The molecule has 1 heterocycles. The van der Waals surface area contributed by atoms with Crippen LogP contribution in [0.4, 0.5) is 0 Å². The Morgan fingerprint density at radius 1 is 1.90 bits per heavy atom. The summed E-state index contributed by atoms with van der Waals surface area (Å²) >= 11 is 4.60. The van der Waals surface area contributed by atoms with Crippen LogP contribution in [-0.4, -0.2) is 19.2 Å². The molecule has 0 aromatic rings. The fourth-order valence-electron chi connectivity index (χ4n) is 0.666. The van der Waals surface area contributed by atoms with Gasteiger partial charge >= 0.3 is 0 Å². The van der Waals surface area contributed by atoms with Crippen molar-refractivity contribution >= 4 is 33.6 Å². The van der Waals surface area contributed by atoms with Gasteiger partial charge in [0.25, 0.3) is 0 Å². The van der Waals surface area contributed by atoms with E-state index in [1.54, 1.807) is 7.11 Å². The second kappa shape index (κ2) is 3.39. The summed E-state index contributed by atoms with van der Waals surface area (Å²) in [7, 11) is 1.56. The van der Waals surface area contributed by atoms with Gasteiger partial charge in [-0.15, -0.1) is 0 Å². The maximum absolute atomic E-state index is 10.2. The van der Waals surface area contributed by atoms with Gasteiger partial charge in [0.2, 0.25) is 0 Å². The normalized spacial score (nSPS) is 24.4. The summed E-state index contributed by atoms with van der Waals surface area (Å²) in [6.07, 6.45) is -0.220. The fourth-order valence-corrected chi connectivity index (χ4v) is 2.27. The lowest BCUT2D eigenvalue weighted by molar-refractivity contribution is 0.175. The van der Waals surface area contributed by atoms with Gasteiger partial charge in [-0.05, 0) is 5.41 Å². The van der Waals surface area contributed by atoms with Gasteiger partial charge in [-0.25, -0.2) is 4.79 Å². The van der Waals surface area contributed by atoms with E-state index in [0.717, 1.165) is 4.48 Å². The largest absolute Gasteiger partial charge is 0.370 e. The molecule has 54 valence electrons. The van der Waals surface area contributed by atoms with Crippen LogP contribution in [0.2, 0.25) is 0 Å². The Labute approximate surface area is 71.4 Å². The van der Waals surface area contributed by atoms with Crippen molar-refractivity contribution in [1.82, 2.24) is 0 Å². The number of methoxy groups -OCH3 is 1. The first-order chi connectivity index (χ1) is 4.79. The Hall–Kier alpha value is -0.0200. The van der Waals surface area contributed by atoms with Crippen molar-refractivity contribution in [3.63, 3.8) is 0 Å². The topological polar surface area (TPSA) is 26.3 Å². The number of hydrogen-bond donors (Lipinski definition) is 0. The molecule has 0 bridgehead atoms. The van der Waals surface area contributed by atoms with E-state index in [-0.39, 0.29) is 6.10 Å². The van der Waals surface area contributed by atoms with E-state index in [4.69, 9.17) is 4.74 Å². The number of rotatable bonds is 1. The number of halogens is 1. The molecule has 0 N–H and O–H groups in total. The van der Waals surface area contributed by atoms with Gasteiger partial charge in [0, 0.05) is 11.6 Å². The van der Waals surface area contributed by atoms with Crippen LogP contribution in [0.3, 0.4) is 0 Å². The molecule has 1 unspecified atom stereocenters. The quantitative estimate of drug-likeness (QED) is 0.630. The van der Waals surface area contributed by atoms with Crippen LogP contribution in [0.5, 0.6) is 0 Å². The number of hydrogen-bond acceptors (Lipinski definition) is 3. The van der Waals surface area contributed by atoms with Gasteiger partial charge in [0.15, 0.2) is 0 Å². The lowest BCUT2D eigenvalue weighted by Gasteiger charge is -2.05. The molecule has 0 aromatic carbocycles. The monoisotopic (exact) mass is 220 g/mol. The van der Waals surface area contributed by atoms with E-state index in [1.165, 1.54) is 11.8 Å². The van der Waals surface area contributed by atoms with E-state index < -0.39 is 0 Å².